The maximum absolute atomic E-state index is 12.7. The summed E-state index contributed by atoms with van der Waals surface area (Å²) in [5.74, 6) is 3.93. The lowest BCUT2D eigenvalue weighted by Crippen LogP contribution is -2.76. The van der Waals surface area contributed by atoms with Crippen molar-refractivity contribution in [2.45, 2.75) is 92.1 Å². The summed E-state index contributed by atoms with van der Waals surface area (Å²) in [4.78, 5) is 30.0. The van der Waals surface area contributed by atoms with Crippen LogP contribution < -0.4 is 18.9 Å². The maximum Gasteiger partial charge on any atom is 0.174 e. The number of Topliss-reactive ketones (excluding diaryl/α,β-unsaturated/α-hetero) is 2. The Kier molecular flexibility index (Phi) is 5.77. The van der Waals surface area contributed by atoms with E-state index < -0.39 is 17.1 Å². The van der Waals surface area contributed by atoms with Crippen molar-refractivity contribution in [2.24, 2.45) is 5.92 Å². The molecule has 8 aliphatic rings. The van der Waals surface area contributed by atoms with Crippen molar-refractivity contribution in [1.82, 2.24) is 9.80 Å². The Bertz CT molecular complexity index is 1660. The van der Waals surface area contributed by atoms with E-state index in [2.05, 4.69) is 36.0 Å². The van der Waals surface area contributed by atoms with E-state index in [0.29, 0.717) is 42.7 Å². The molecule has 9 heteroatoms. The van der Waals surface area contributed by atoms with E-state index in [1.165, 1.54) is 16.7 Å². The van der Waals surface area contributed by atoms with Crippen LogP contribution in [0.25, 0.3) is 0 Å². The highest BCUT2D eigenvalue weighted by Gasteiger charge is 2.73. The lowest BCUT2D eigenvalue weighted by molar-refractivity contribution is -0.185. The molecular weight excluding hydrogens is 572 g/mol. The Hall–Kier alpha value is -3.14. The number of likely N-dealkylation sites (tertiary alicyclic amines) is 2. The first-order chi connectivity index (χ1) is 21.7. The van der Waals surface area contributed by atoms with E-state index in [0.717, 1.165) is 62.3 Å². The lowest BCUT2D eigenvalue weighted by atomic mass is 9.49. The molecule has 0 unspecified atom stereocenters. The molecule has 0 radical (unpaired) electrons. The molecule has 45 heavy (non-hydrogen) atoms. The molecule has 2 aromatic rings. The molecule has 2 aromatic carbocycles. The molecule has 0 amide bonds. The second-order valence-electron chi connectivity index (χ2n) is 14.7. The molecule has 2 saturated heterocycles. The average Bonchev–Trinajstić information content (AvgIpc) is 3.58. The van der Waals surface area contributed by atoms with Gasteiger partial charge in [-0.2, -0.15) is 0 Å². The van der Waals surface area contributed by atoms with Crippen molar-refractivity contribution in [3.63, 3.8) is 0 Å². The summed E-state index contributed by atoms with van der Waals surface area (Å²) in [6.07, 6.45) is 5.36. The maximum atomic E-state index is 12.7. The molecule has 2 spiro atoms. The lowest BCUT2D eigenvalue weighted by Gasteiger charge is -2.62. The van der Waals surface area contributed by atoms with E-state index in [1.54, 1.807) is 14.2 Å². The molecule has 4 aliphatic heterocycles. The second-order valence-corrected chi connectivity index (χ2v) is 14.7. The Morgan fingerprint density at radius 1 is 0.800 bits per heavy atom. The zero-order valence-electron chi connectivity index (χ0n) is 26.6. The van der Waals surface area contributed by atoms with Gasteiger partial charge in [0.15, 0.2) is 46.8 Å². The van der Waals surface area contributed by atoms with Gasteiger partial charge in [0, 0.05) is 41.5 Å². The highest BCUT2D eigenvalue weighted by molar-refractivity contribution is 5.90. The normalized spacial score (nSPS) is 39.5. The molecule has 4 fully saturated rings. The number of carbonyl (C=O) groups excluding carboxylic acids is 2. The third kappa shape index (κ3) is 3.20. The SMILES string of the molecule is COc1ccc2c3c1O[C@H]1C(=O)CC[C@@]4(O)[C@@H](C2)N(C)CC[C@]314.COc1ccc2c3c1O[C@H]1C(=O)CC[C@H]4[C@@H](C2)N(C)CC[C@]314. The van der Waals surface area contributed by atoms with Gasteiger partial charge in [-0.15, -0.1) is 0 Å². The molecule has 2 saturated carbocycles. The number of benzene rings is 2. The van der Waals surface area contributed by atoms with Crippen LogP contribution in [0.2, 0.25) is 0 Å². The van der Waals surface area contributed by atoms with Gasteiger partial charge in [0.1, 0.15) is 0 Å². The summed E-state index contributed by atoms with van der Waals surface area (Å²) < 4.78 is 23.4. The standard InChI is InChI=1S/C18H21NO4.C18H21NO3/c1-19-8-7-17-14-10-3-4-12(22-2)15(14)23-16(17)11(20)5-6-18(17,21)13(19)9-10;1-19-8-7-18-11-4-5-13(20)17(18)22-16-14(21-2)6-3-10(15(16)18)9-12(11)19/h3-4,13,16,21H,5-9H2,1-2H3;3,6,11-12,17H,4-5,7-9H2,1-2H3/t13-,16+,17+,18-;11-,12+,17-,18-/m10/s1. The first kappa shape index (κ1) is 28.1. The summed E-state index contributed by atoms with van der Waals surface area (Å²) in [7, 11) is 7.61. The van der Waals surface area contributed by atoms with Crippen LogP contribution in [0.5, 0.6) is 23.0 Å². The number of piperidine rings is 2. The van der Waals surface area contributed by atoms with Gasteiger partial charge in [-0.25, -0.2) is 0 Å². The highest BCUT2D eigenvalue weighted by Crippen LogP contribution is 2.65. The number of aliphatic hydroxyl groups is 1. The summed E-state index contributed by atoms with van der Waals surface area (Å²) in [6, 6.07) is 8.78. The zero-order chi connectivity index (χ0) is 31.0. The first-order valence-electron chi connectivity index (χ1n) is 16.6. The number of hydrogen-bond donors (Lipinski definition) is 1. The number of ketones is 2. The van der Waals surface area contributed by atoms with Crippen LogP contribution in [-0.4, -0.2) is 97.8 Å². The first-order valence-corrected chi connectivity index (χ1v) is 16.6. The summed E-state index contributed by atoms with van der Waals surface area (Å²) in [5, 5.41) is 11.7. The van der Waals surface area contributed by atoms with Gasteiger partial charge in [0.2, 0.25) is 0 Å². The number of nitrogens with zero attached hydrogens (tertiary/aromatic N) is 2. The van der Waals surface area contributed by atoms with E-state index in [1.807, 2.05) is 12.1 Å². The Morgan fingerprint density at radius 3 is 2.18 bits per heavy atom. The van der Waals surface area contributed by atoms with Gasteiger partial charge in [-0.05, 0) is 94.9 Å². The molecular formula is C36H42N2O7. The average molecular weight is 615 g/mol. The second kappa shape index (κ2) is 9.23. The Labute approximate surface area is 263 Å². The van der Waals surface area contributed by atoms with Crippen LogP contribution >= 0.6 is 0 Å². The fourth-order valence-corrected chi connectivity index (χ4v) is 11.4. The molecule has 4 aliphatic carbocycles. The quantitative estimate of drug-likeness (QED) is 0.548. The van der Waals surface area contributed by atoms with Crippen molar-refractivity contribution in [2.75, 3.05) is 41.4 Å². The van der Waals surface area contributed by atoms with E-state index >= 15 is 0 Å². The van der Waals surface area contributed by atoms with Crippen LogP contribution in [0, 0.1) is 5.92 Å². The minimum atomic E-state index is -0.900. The molecule has 238 valence electrons. The van der Waals surface area contributed by atoms with Crippen molar-refractivity contribution < 1.29 is 33.6 Å². The number of ether oxygens (including phenoxy) is 4. The topological polar surface area (TPSA) is 97.8 Å². The minimum absolute atomic E-state index is 0.0438. The van der Waals surface area contributed by atoms with Gasteiger partial charge in [-0.1, -0.05) is 12.1 Å². The Morgan fingerprint density at radius 2 is 1.44 bits per heavy atom. The zero-order valence-corrected chi connectivity index (χ0v) is 26.6. The van der Waals surface area contributed by atoms with E-state index in [4.69, 9.17) is 18.9 Å². The monoisotopic (exact) mass is 614 g/mol. The fraction of sp³-hybridized carbons (Fsp3) is 0.611. The van der Waals surface area contributed by atoms with E-state index in [-0.39, 0.29) is 29.1 Å². The predicted octanol–water partition coefficient (Wildman–Crippen LogP) is 2.98. The van der Waals surface area contributed by atoms with Gasteiger partial charge >= 0.3 is 0 Å². The van der Waals surface area contributed by atoms with Crippen LogP contribution in [0.1, 0.15) is 60.8 Å². The molecule has 4 bridgehead atoms. The largest absolute Gasteiger partial charge is 0.493 e. The van der Waals surface area contributed by atoms with Crippen LogP contribution in [-0.2, 0) is 33.3 Å². The van der Waals surface area contributed by atoms with Crippen molar-refractivity contribution in [1.29, 1.82) is 0 Å². The van der Waals surface area contributed by atoms with Crippen molar-refractivity contribution in [3.05, 3.63) is 46.5 Å². The summed E-state index contributed by atoms with van der Waals surface area (Å²) in [6.45, 7) is 1.92. The van der Waals surface area contributed by atoms with Gasteiger partial charge < -0.3 is 33.9 Å². The fourth-order valence-electron chi connectivity index (χ4n) is 11.4. The summed E-state index contributed by atoms with van der Waals surface area (Å²) >= 11 is 0. The van der Waals surface area contributed by atoms with Crippen LogP contribution in [0.4, 0.5) is 0 Å². The Balaban J connectivity index is 0.000000125. The molecule has 8 atom stereocenters. The van der Waals surface area contributed by atoms with E-state index in [9.17, 15) is 14.7 Å². The number of carbonyl (C=O) groups is 2. The molecule has 10 rings (SSSR count). The number of methoxy groups -OCH3 is 2. The van der Waals surface area contributed by atoms with Gasteiger partial charge in [-0.3, -0.25) is 9.59 Å². The van der Waals surface area contributed by atoms with Gasteiger partial charge in [0.25, 0.3) is 0 Å². The minimum Gasteiger partial charge on any atom is -0.493 e. The van der Waals surface area contributed by atoms with Crippen LogP contribution in [0.15, 0.2) is 24.3 Å². The number of rotatable bonds is 2. The summed E-state index contributed by atoms with van der Waals surface area (Å²) in [5.41, 5.74) is 3.31. The third-order valence-electron chi connectivity index (χ3n) is 13.3. The smallest absolute Gasteiger partial charge is 0.174 e. The number of hydrogen-bond acceptors (Lipinski definition) is 9. The molecule has 9 nitrogen and oxygen atoms in total. The molecule has 0 aromatic heterocycles. The van der Waals surface area contributed by atoms with Crippen LogP contribution in [0.3, 0.4) is 0 Å². The van der Waals surface area contributed by atoms with Crippen molar-refractivity contribution in [3.8, 4) is 23.0 Å². The molecule has 4 heterocycles. The third-order valence-corrected chi connectivity index (χ3v) is 13.3. The molecule has 1 N–H and O–H groups in total. The highest BCUT2D eigenvalue weighted by atomic mass is 16.5. The van der Waals surface area contributed by atoms with Crippen molar-refractivity contribution >= 4 is 11.6 Å². The number of likely N-dealkylation sites (N-methyl/N-ethyl adjacent to an activating group) is 2. The van der Waals surface area contributed by atoms with Gasteiger partial charge in [0.05, 0.1) is 25.2 Å². The predicted molar refractivity (Wildman–Crippen MR) is 165 cm³/mol.